The molecular weight excluding hydrogens is 348 g/mol. The highest BCUT2D eigenvalue weighted by atomic mass is 16.2. The first-order valence-electron chi connectivity index (χ1n) is 9.52. The third-order valence-corrected chi connectivity index (χ3v) is 5.12. The van der Waals surface area contributed by atoms with E-state index in [1.165, 1.54) is 0 Å². The van der Waals surface area contributed by atoms with Gasteiger partial charge in [-0.2, -0.15) is 0 Å². The second-order valence-corrected chi connectivity index (χ2v) is 7.33. The van der Waals surface area contributed by atoms with Crippen molar-refractivity contribution in [1.82, 2.24) is 29.6 Å². The fourth-order valence-electron chi connectivity index (χ4n) is 3.54. The molecule has 0 aromatic carbocycles. The monoisotopic (exact) mass is 376 g/mol. The molecule has 1 saturated heterocycles. The summed E-state index contributed by atoms with van der Waals surface area (Å²) in [5, 5.41) is 2.90. The molecule has 3 rings (SSSR count). The molecule has 9 heteroatoms. The quantitative estimate of drug-likeness (QED) is 0.671. The van der Waals surface area contributed by atoms with E-state index in [1.807, 2.05) is 23.6 Å². The van der Waals surface area contributed by atoms with E-state index in [-0.39, 0.29) is 11.8 Å². The Bertz CT molecular complexity index is 706. The summed E-state index contributed by atoms with van der Waals surface area (Å²) in [5.74, 6) is -0.0228. The lowest BCUT2D eigenvalue weighted by Gasteiger charge is -2.32. The lowest BCUT2D eigenvalue weighted by atomic mass is 10.1. The predicted molar refractivity (Wildman–Crippen MR) is 99.6 cm³/mol. The smallest absolute Gasteiger partial charge is 0.290 e. The third kappa shape index (κ3) is 4.29. The van der Waals surface area contributed by atoms with Crippen molar-refractivity contribution >= 4 is 18.2 Å². The van der Waals surface area contributed by atoms with Crippen LogP contribution in [0, 0.1) is 0 Å². The number of piperazine rings is 1. The maximum absolute atomic E-state index is 13.0. The Morgan fingerprint density at radius 2 is 1.89 bits per heavy atom. The normalized spacial score (nSPS) is 17.0. The molecule has 0 spiro atoms. The van der Waals surface area contributed by atoms with Crippen LogP contribution in [0.1, 0.15) is 39.6 Å². The van der Waals surface area contributed by atoms with Gasteiger partial charge in [0, 0.05) is 45.8 Å². The third-order valence-electron chi connectivity index (χ3n) is 5.12. The molecule has 0 unspecified atom stereocenters. The van der Waals surface area contributed by atoms with E-state index in [4.69, 9.17) is 0 Å². The van der Waals surface area contributed by atoms with E-state index >= 15 is 0 Å². The SMILES string of the molecule is CN(C)CCNC(=O)c1nc(C(=O)N2CCN(C=O)CC2)n2c1CCCC2. The molecule has 27 heavy (non-hydrogen) atoms. The topological polar surface area (TPSA) is 90.8 Å². The molecule has 3 amide bonds. The Morgan fingerprint density at radius 3 is 2.56 bits per heavy atom. The molecular formula is C18H28N6O3. The van der Waals surface area contributed by atoms with Crippen LogP contribution in [0.25, 0.3) is 0 Å². The minimum atomic E-state index is -0.215. The molecule has 1 aromatic heterocycles. The van der Waals surface area contributed by atoms with Gasteiger partial charge in [0.15, 0.2) is 5.82 Å². The van der Waals surface area contributed by atoms with E-state index in [2.05, 4.69) is 10.3 Å². The van der Waals surface area contributed by atoms with Gasteiger partial charge in [-0.1, -0.05) is 0 Å². The maximum atomic E-state index is 13.0. The number of imidazole rings is 1. The fraction of sp³-hybridized carbons (Fsp3) is 0.667. The number of fused-ring (bicyclic) bond motifs is 1. The summed E-state index contributed by atoms with van der Waals surface area (Å²) in [7, 11) is 3.90. The number of nitrogens with zero attached hydrogens (tertiary/aromatic N) is 5. The Morgan fingerprint density at radius 1 is 1.15 bits per heavy atom. The van der Waals surface area contributed by atoms with Gasteiger partial charge < -0.3 is 24.6 Å². The number of nitrogens with one attached hydrogen (secondary N) is 1. The second-order valence-electron chi connectivity index (χ2n) is 7.33. The van der Waals surface area contributed by atoms with E-state index in [0.29, 0.717) is 50.8 Å². The minimum Gasteiger partial charge on any atom is -0.349 e. The average Bonchev–Trinajstić information content (AvgIpc) is 3.07. The molecule has 1 N–H and O–H groups in total. The summed E-state index contributed by atoms with van der Waals surface area (Å²) in [6.07, 6.45) is 3.55. The van der Waals surface area contributed by atoms with Crippen LogP contribution in [-0.2, 0) is 17.8 Å². The number of hydrogen-bond acceptors (Lipinski definition) is 5. The molecule has 0 aliphatic carbocycles. The van der Waals surface area contributed by atoms with E-state index in [0.717, 1.165) is 37.9 Å². The summed E-state index contributed by atoms with van der Waals surface area (Å²) in [4.78, 5) is 46.3. The molecule has 3 heterocycles. The van der Waals surface area contributed by atoms with Gasteiger partial charge in [-0.3, -0.25) is 14.4 Å². The molecule has 1 fully saturated rings. The number of hydrogen-bond donors (Lipinski definition) is 1. The summed E-state index contributed by atoms with van der Waals surface area (Å²) >= 11 is 0. The lowest BCUT2D eigenvalue weighted by molar-refractivity contribution is -0.119. The molecule has 2 aliphatic rings. The molecule has 148 valence electrons. The largest absolute Gasteiger partial charge is 0.349 e. The zero-order valence-electron chi connectivity index (χ0n) is 16.1. The summed E-state index contributed by atoms with van der Waals surface area (Å²) in [5.41, 5.74) is 1.24. The lowest BCUT2D eigenvalue weighted by Crippen LogP contribution is -2.48. The van der Waals surface area contributed by atoms with Crippen LogP contribution in [0.5, 0.6) is 0 Å². The number of aromatic nitrogens is 2. The van der Waals surface area contributed by atoms with Crippen LogP contribution < -0.4 is 5.32 Å². The van der Waals surface area contributed by atoms with E-state index in [1.54, 1.807) is 9.80 Å². The highest BCUT2D eigenvalue weighted by Gasteiger charge is 2.30. The van der Waals surface area contributed by atoms with Crippen LogP contribution in [-0.4, -0.2) is 95.8 Å². The first kappa shape index (κ1) is 19.3. The zero-order chi connectivity index (χ0) is 19.4. The Labute approximate surface area is 159 Å². The maximum Gasteiger partial charge on any atom is 0.290 e. The highest BCUT2D eigenvalue weighted by molar-refractivity contribution is 5.97. The van der Waals surface area contributed by atoms with Gasteiger partial charge in [0.2, 0.25) is 6.41 Å². The van der Waals surface area contributed by atoms with Crippen molar-refractivity contribution in [3.63, 3.8) is 0 Å². The van der Waals surface area contributed by atoms with Crippen molar-refractivity contribution in [3.8, 4) is 0 Å². The Hall–Kier alpha value is -2.42. The van der Waals surface area contributed by atoms with Crippen LogP contribution in [0.3, 0.4) is 0 Å². The Balaban J connectivity index is 1.77. The standard InChI is InChI=1S/C18H28N6O3/c1-21(2)8-6-19-17(26)15-14-5-3-4-7-24(14)16(20-15)18(27)23-11-9-22(13-25)10-12-23/h13H,3-12H2,1-2H3,(H,19,26). The molecule has 0 saturated carbocycles. The number of carbonyl (C=O) groups excluding carboxylic acids is 3. The zero-order valence-corrected chi connectivity index (χ0v) is 16.1. The first-order chi connectivity index (χ1) is 13.0. The number of likely N-dealkylation sites (N-methyl/N-ethyl adjacent to an activating group) is 1. The number of amides is 3. The number of carbonyl (C=O) groups is 3. The summed E-state index contributed by atoms with van der Waals surface area (Å²) < 4.78 is 1.92. The molecule has 0 atom stereocenters. The van der Waals surface area contributed by atoms with Crippen molar-refractivity contribution in [1.29, 1.82) is 0 Å². The Kier molecular flexibility index (Phi) is 6.10. The van der Waals surface area contributed by atoms with Crippen LogP contribution in [0.15, 0.2) is 0 Å². The molecule has 0 radical (unpaired) electrons. The van der Waals surface area contributed by atoms with Crippen molar-refractivity contribution in [2.45, 2.75) is 25.8 Å². The molecule has 0 bridgehead atoms. The van der Waals surface area contributed by atoms with Gasteiger partial charge in [0.1, 0.15) is 5.69 Å². The summed E-state index contributed by atoms with van der Waals surface area (Å²) in [6, 6.07) is 0. The van der Waals surface area contributed by atoms with Crippen LogP contribution >= 0.6 is 0 Å². The number of rotatable bonds is 6. The van der Waals surface area contributed by atoms with Crippen LogP contribution in [0.4, 0.5) is 0 Å². The van der Waals surface area contributed by atoms with Gasteiger partial charge in [-0.15, -0.1) is 0 Å². The average molecular weight is 376 g/mol. The molecule has 1 aromatic rings. The van der Waals surface area contributed by atoms with Crippen molar-refractivity contribution in [2.24, 2.45) is 0 Å². The first-order valence-corrected chi connectivity index (χ1v) is 9.52. The van der Waals surface area contributed by atoms with Crippen molar-refractivity contribution < 1.29 is 14.4 Å². The predicted octanol–water partition coefficient (Wildman–Crippen LogP) is -0.575. The van der Waals surface area contributed by atoms with Crippen LogP contribution in [0.2, 0.25) is 0 Å². The molecule has 2 aliphatic heterocycles. The molecule has 9 nitrogen and oxygen atoms in total. The second kappa shape index (κ2) is 8.51. The fourth-order valence-corrected chi connectivity index (χ4v) is 3.54. The van der Waals surface area contributed by atoms with Gasteiger partial charge in [0.05, 0.1) is 5.69 Å². The van der Waals surface area contributed by atoms with E-state index < -0.39 is 0 Å². The minimum absolute atomic E-state index is 0.156. The van der Waals surface area contributed by atoms with Gasteiger partial charge in [-0.25, -0.2) is 4.98 Å². The van der Waals surface area contributed by atoms with Crippen molar-refractivity contribution in [3.05, 3.63) is 17.2 Å². The van der Waals surface area contributed by atoms with Gasteiger partial charge in [-0.05, 0) is 33.4 Å². The van der Waals surface area contributed by atoms with Gasteiger partial charge in [0.25, 0.3) is 11.8 Å². The highest BCUT2D eigenvalue weighted by Crippen LogP contribution is 2.22. The summed E-state index contributed by atoms with van der Waals surface area (Å²) in [6.45, 7) is 4.03. The van der Waals surface area contributed by atoms with Crippen molar-refractivity contribution in [2.75, 3.05) is 53.4 Å². The van der Waals surface area contributed by atoms with Gasteiger partial charge >= 0.3 is 0 Å². The van der Waals surface area contributed by atoms with E-state index in [9.17, 15) is 14.4 Å².